The highest BCUT2D eigenvalue weighted by Crippen LogP contribution is 2.31. The van der Waals surface area contributed by atoms with Crippen molar-refractivity contribution in [2.75, 3.05) is 6.61 Å². The highest BCUT2D eigenvalue weighted by molar-refractivity contribution is 8.14. The van der Waals surface area contributed by atoms with Crippen LogP contribution in [0, 0.1) is 13.8 Å². The Bertz CT molecular complexity index is 454. The van der Waals surface area contributed by atoms with Crippen LogP contribution in [0.5, 0.6) is 0 Å². The molecule has 1 aromatic rings. The molecule has 0 saturated carbocycles. The molecule has 0 bridgehead atoms. The minimum absolute atomic E-state index is 0.0914. The lowest BCUT2D eigenvalue weighted by Crippen LogP contribution is -2.14. The van der Waals surface area contributed by atoms with Crippen LogP contribution in [-0.2, 0) is 14.3 Å². The minimum atomic E-state index is -0.568. The molecule has 0 spiro atoms. The summed E-state index contributed by atoms with van der Waals surface area (Å²) in [6.07, 6.45) is 0. The maximum atomic E-state index is 11.9. The molecule has 1 atom stereocenters. The van der Waals surface area contributed by atoms with Gasteiger partial charge in [0.15, 0.2) is 5.12 Å². The number of rotatable bonds is 4. The molecule has 0 aromatic heterocycles. The minimum Gasteiger partial charge on any atom is -0.465 e. The number of esters is 1. The van der Waals surface area contributed by atoms with E-state index in [0.29, 0.717) is 6.61 Å². The summed E-state index contributed by atoms with van der Waals surface area (Å²) in [5.41, 5.74) is 3.08. The quantitative estimate of drug-likeness (QED) is 0.785. The molecule has 98 valence electrons. The lowest BCUT2D eigenvalue weighted by atomic mass is 10.0. The van der Waals surface area contributed by atoms with Gasteiger partial charge in [-0.3, -0.25) is 9.59 Å². The highest BCUT2D eigenvalue weighted by atomic mass is 32.2. The number of carbonyl (C=O) groups excluding carboxylic acids is 2. The summed E-state index contributed by atoms with van der Waals surface area (Å²) in [4.78, 5) is 23.1. The molecule has 1 rings (SSSR count). The van der Waals surface area contributed by atoms with Crippen molar-refractivity contribution in [3.8, 4) is 0 Å². The number of hydrogen-bond acceptors (Lipinski definition) is 4. The van der Waals surface area contributed by atoms with Gasteiger partial charge < -0.3 is 4.74 Å². The molecule has 1 aromatic carbocycles. The fourth-order valence-corrected chi connectivity index (χ4v) is 2.34. The topological polar surface area (TPSA) is 43.4 Å². The second-order valence-electron chi connectivity index (χ2n) is 4.09. The SMILES string of the molecule is CCOC(=O)C(SC(C)=O)c1ccc(C)c(C)c1. The van der Waals surface area contributed by atoms with E-state index in [1.54, 1.807) is 6.92 Å². The molecule has 3 nitrogen and oxygen atoms in total. The Labute approximate surface area is 112 Å². The van der Waals surface area contributed by atoms with Crippen molar-refractivity contribution in [1.82, 2.24) is 0 Å². The largest absolute Gasteiger partial charge is 0.465 e. The second-order valence-corrected chi connectivity index (χ2v) is 5.37. The first-order valence-electron chi connectivity index (χ1n) is 5.86. The Morgan fingerprint density at radius 2 is 1.94 bits per heavy atom. The van der Waals surface area contributed by atoms with E-state index in [1.165, 1.54) is 6.92 Å². The van der Waals surface area contributed by atoms with Crippen LogP contribution in [-0.4, -0.2) is 17.7 Å². The Morgan fingerprint density at radius 3 is 2.44 bits per heavy atom. The molecule has 0 amide bonds. The smallest absolute Gasteiger partial charge is 0.324 e. The van der Waals surface area contributed by atoms with Gasteiger partial charge in [-0.25, -0.2) is 0 Å². The summed E-state index contributed by atoms with van der Waals surface area (Å²) in [5.74, 6) is -0.360. The van der Waals surface area contributed by atoms with Crippen LogP contribution >= 0.6 is 11.8 Å². The van der Waals surface area contributed by atoms with E-state index in [2.05, 4.69) is 0 Å². The van der Waals surface area contributed by atoms with Gasteiger partial charge in [0, 0.05) is 6.92 Å². The van der Waals surface area contributed by atoms with Crippen molar-refractivity contribution in [2.24, 2.45) is 0 Å². The van der Waals surface area contributed by atoms with Gasteiger partial charge in [-0.1, -0.05) is 30.0 Å². The van der Waals surface area contributed by atoms with Crippen LogP contribution in [0.15, 0.2) is 18.2 Å². The molecule has 1 unspecified atom stereocenters. The van der Waals surface area contributed by atoms with E-state index < -0.39 is 5.25 Å². The molecular weight excluding hydrogens is 248 g/mol. The Hall–Kier alpha value is -1.29. The lowest BCUT2D eigenvalue weighted by Gasteiger charge is -2.15. The number of carbonyl (C=O) groups is 2. The van der Waals surface area contributed by atoms with Crippen molar-refractivity contribution < 1.29 is 14.3 Å². The Morgan fingerprint density at radius 1 is 1.28 bits per heavy atom. The zero-order chi connectivity index (χ0) is 13.7. The third-order valence-electron chi connectivity index (χ3n) is 2.62. The van der Waals surface area contributed by atoms with Crippen LogP contribution in [0.2, 0.25) is 0 Å². The van der Waals surface area contributed by atoms with Gasteiger partial charge in [-0.05, 0) is 37.5 Å². The molecule has 0 aliphatic heterocycles. The first-order chi connectivity index (χ1) is 8.45. The van der Waals surface area contributed by atoms with Crippen molar-refractivity contribution in [1.29, 1.82) is 0 Å². The monoisotopic (exact) mass is 266 g/mol. The highest BCUT2D eigenvalue weighted by Gasteiger charge is 2.24. The van der Waals surface area contributed by atoms with Crippen LogP contribution in [0.3, 0.4) is 0 Å². The summed E-state index contributed by atoms with van der Waals surface area (Å²) >= 11 is 1.00. The predicted molar refractivity (Wildman–Crippen MR) is 73.6 cm³/mol. The van der Waals surface area contributed by atoms with Crippen LogP contribution in [0.25, 0.3) is 0 Å². The van der Waals surface area contributed by atoms with Gasteiger partial charge in [0.25, 0.3) is 0 Å². The van der Waals surface area contributed by atoms with Gasteiger partial charge in [0.05, 0.1) is 6.61 Å². The van der Waals surface area contributed by atoms with E-state index in [1.807, 2.05) is 32.0 Å². The average Bonchev–Trinajstić information content (AvgIpc) is 2.30. The molecule has 0 saturated heterocycles. The first-order valence-corrected chi connectivity index (χ1v) is 6.74. The Balaban J connectivity index is 3.04. The van der Waals surface area contributed by atoms with Crippen molar-refractivity contribution >= 4 is 22.8 Å². The molecule has 18 heavy (non-hydrogen) atoms. The molecule has 0 N–H and O–H groups in total. The number of thioether (sulfide) groups is 1. The van der Waals surface area contributed by atoms with Crippen LogP contribution < -0.4 is 0 Å². The maximum Gasteiger partial charge on any atom is 0.324 e. The molecular formula is C14H18O3S. The number of benzene rings is 1. The molecule has 0 fully saturated rings. The summed E-state index contributed by atoms with van der Waals surface area (Å²) in [6, 6.07) is 5.77. The van der Waals surface area contributed by atoms with E-state index in [4.69, 9.17) is 4.74 Å². The Kier molecular flexibility index (Phi) is 5.41. The maximum absolute atomic E-state index is 11.9. The summed E-state index contributed by atoms with van der Waals surface area (Å²) in [5, 5.41) is -0.659. The fourth-order valence-electron chi connectivity index (χ4n) is 1.56. The summed E-state index contributed by atoms with van der Waals surface area (Å²) in [6.45, 7) is 7.53. The zero-order valence-electron chi connectivity index (χ0n) is 11.1. The van der Waals surface area contributed by atoms with E-state index >= 15 is 0 Å². The third-order valence-corrected chi connectivity index (χ3v) is 3.65. The van der Waals surface area contributed by atoms with Gasteiger partial charge in [-0.15, -0.1) is 0 Å². The molecule has 4 heteroatoms. The van der Waals surface area contributed by atoms with Crippen molar-refractivity contribution in [3.05, 3.63) is 34.9 Å². The van der Waals surface area contributed by atoms with E-state index in [-0.39, 0.29) is 11.1 Å². The number of ether oxygens (including phenoxy) is 1. The van der Waals surface area contributed by atoms with Gasteiger partial charge >= 0.3 is 5.97 Å². The number of hydrogen-bond donors (Lipinski definition) is 0. The normalized spacial score (nSPS) is 12.0. The van der Waals surface area contributed by atoms with Gasteiger partial charge in [0.1, 0.15) is 5.25 Å². The van der Waals surface area contributed by atoms with Crippen LogP contribution in [0.4, 0.5) is 0 Å². The average molecular weight is 266 g/mol. The van der Waals surface area contributed by atoms with Crippen LogP contribution in [0.1, 0.15) is 35.8 Å². The van der Waals surface area contributed by atoms with Gasteiger partial charge in [0.2, 0.25) is 0 Å². The van der Waals surface area contributed by atoms with Crippen molar-refractivity contribution in [2.45, 2.75) is 32.9 Å². The third kappa shape index (κ3) is 3.88. The van der Waals surface area contributed by atoms with Gasteiger partial charge in [-0.2, -0.15) is 0 Å². The molecule has 0 aliphatic carbocycles. The van der Waals surface area contributed by atoms with E-state index in [9.17, 15) is 9.59 Å². The molecule has 0 heterocycles. The van der Waals surface area contributed by atoms with Crippen molar-refractivity contribution in [3.63, 3.8) is 0 Å². The van der Waals surface area contributed by atoms with E-state index in [0.717, 1.165) is 28.5 Å². The second kappa shape index (κ2) is 6.59. The summed E-state index contributed by atoms with van der Waals surface area (Å²) in [7, 11) is 0. The predicted octanol–water partition coefficient (Wildman–Crippen LogP) is 3.19. The standard InChI is InChI=1S/C14H18O3S/c1-5-17-14(16)13(18-11(4)15)12-7-6-9(2)10(3)8-12/h6-8,13H,5H2,1-4H3. The zero-order valence-corrected chi connectivity index (χ0v) is 12.0. The lowest BCUT2D eigenvalue weighted by molar-refractivity contribution is -0.142. The fraction of sp³-hybridized carbons (Fsp3) is 0.429. The number of aryl methyl sites for hydroxylation is 2. The summed E-state index contributed by atoms with van der Waals surface area (Å²) < 4.78 is 5.02. The molecule has 0 aliphatic rings. The molecule has 0 radical (unpaired) electrons. The first kappa shape index (κ1) is 14.8.